The van der Waals surface area contributed by atoms with Crippen molar-refractivity contribution in [1.82, 2.24) is 0 Å². The molecular weight excluding hydrogens is 302 g/mol. The summed E-state index contributed by atoms with van der Waals surface area (Å²) in [6.07, 6.45) is 1.17. The van der Waals surface area contributed by atoms with Crippen LogP contribution in [0.15, 0.2) is 35.4 Å². The second-order valence-electron chi connectivity index (χ2n) is 5.28. The maximum atomic E-state index is 9.59. The molecule has 0 saturated carbocycles. The van der Waals surface area contributed by atoms with E-state index in [0.717, 1.165) is 5.56 Å². The van der Waals surface area contributed by atoms with E-state index in [4.69, 9.17) is 15.0 Å². The van der Waals surface area contributed by atoms with Gasteiger partial charge in [-0.05, 0) is 23.3 Å². The van der Waals surface area contributed by atoms with Crippen molar-refractivity contribution >= 4 is 11.8 Å². The standard InChI is InChI=1S/C15H21N3O3S/c1-10-13(17-18-16)15(22-2)21-12(8-19)14(10)20-9-11-6-4-3-5-7-11/h3-7,10,12-15,19H,8-9H2,1-2H3. The van der Waals surface area contributed by atoms with E-state index in [9.17, 15) is 5.11 Å². The number of benzene rings is 1. The lowest BCUT2D eigenvalue weighted by Gasteiger charge is -2.43. The fourth-order valence-corrected chi connectivity index (χ4v) is 3.53. The Morgan fingerprint density at radius 3 is 2.73 bits per heavy atom. The van der Waals surface area contributed by atoms with Gasteiger partial charge in [-0.3, -0.25) is 0 Å². The van der Waals surface area contributed by atoms with Gasteiger partial charge in [-0.1, -0.05) is 42.4 Å². The van der Waals surface area contributed by atoms with E-state index in [2.05, 4.69) is 10.0 Å². The summed E-state index contributed by atoms with van der Waals surface area (Å²) in [7, 11) is 0. The molecule has 1 fully saturated rings. The number of hydrogen-bond donors (Lipinski definition) is 1. The highest BCUT2D eigenvalue weighted by molar-refractivity contribution is 7.99. The molecule has 7 heteroatoms. The summed E-state index contributed by atoms with van der Waals surface area (Å²) in [5.41, 5.74) is 9.56. The molecule has 5 atom stereocenters. The number of nitrogens with zero attached hydrogens (tertiary/aromatic N) is 3. The number of ether oxygens (including phenoxy) is 2. The summed E-state index contributed by atoms with van der Waals surface area (Å²) in [6, 6.07) is 9.51. The highest BCUT2D eigenvalue weighted by Crippen LogP contribution is 2.35. The van der Waals surface area contributed by atoms with Crippen molar-refractivity contribution in [2.24, 2.45) is 11.0 Å². The largest absolute Gasteiger partial charge is 0.394 e. The quantitative estimate of drug-likeness (QED) is 0.495. The number of hydrogen-bond acceptors (Lipinski definition) is 5. The lowest BCUT2D eigenvalue weighted by molar-refractivity contribution is -0.164. The Hall–Kier alpha value is -1.24. The highest BCUT2D eigenvalue weighted by Gasteiger charge is 2.43. The van der Waals surface area contributed by atoms with Crippen molar-refractivity contribution in [2.45, 2.75) is 37.2 Å². The predicted octanol–water partition coefficient (Wildman–Crippen LogP) is 2.97. The Morgan fingerprint density at radius 1 is 1.41 bits per heavy atom. The number of aliphatic hydroxyl groups is 1. The first kappa shape index (κ1) is 17.1. The summed E-state index contributed by atoms with van der Waals surface area (Å²) >= 11 is 1.48. The van der Waals surface area contributed by atoms with Gasteiger partial charge >= 0.3 is 0 Å². The van der Waals surface area contributed by atoms with Gasteiger partial charge in [0.2, 0.25) is 0 Å². The fourth-order valence-electron chi connectivity index (χ4n) is 2.70. The predicted molar refractivity (Wildman–Crippen MR) is 86.4 cm³/mol. The minimum Gasteiger partial charge on any atom is -0.394 e. The van der Waals surface area contributed by atoms with Crippen molar-refractivity contribution in [2.75, 3.05) is 12.9 Å². The zero-order valence-corrected chi connectivity index (χ0v) is 13.5. The minimum absolute atomic E-state index is 0.0389. The molecule has 0 aliphatic carbocycles. The first-order valence-electron chi connectivity index (χ1n) is 7.20. The molecule has 5 unspecified atom stereocenters. The molecule has 1 aliphatic rings. The van der Waals surface area contributed by atoms with Gasteiger partial charge in [0.05, 0.1) is 25.4 Å². The van der Waals surface area contributed by atoms with Gasteiger partial charge in [0.25, 0.3) is 0 Å². The van der Waals surface area contributed by atoms with Crippen LogP contribution in [0, 0.1) is 5.92 Å². The van der Waals surface area contributed by atoms with Crippen LogP contribution in [0.5, 0.6) is 0 Å². The Labute approximate surface area is 134 Å². The molecule has 2 rings (SSSR count). The van der Waals surface area contributed by atoms with E-state index in [1.807, 2.05) is 43.5 Å². The third-order valence-corrected chi connectivity index (χ3v) is 4.75. The summed E-state index contributed by atoms with van der Waals surface area (Å²) in [4.78, 5) is 2.93. The van der Waals surface area contributed by atoms with E-state index < -0.39 is 6.10 Å². The average Bonchev–Trinajstić information content (AvgIpc) is 2.56. The van der Waals surface area contributed by atoms with Crippen LogP contribution >= 0.6 is 11.8 Å². The zero-order chi connectivity index (χ0) is 15.9. The van der Waals surface area contributed by atoms with E-state index in [1.165, 1.54) is 11.8 Å². The van der Waals surface area contributed by atoms with Crippen LogP contribution in [0.4, 0.5) is 0 Å². The third-order valence-electron chi connectivity index (χ3n) is 3.89. The molecule has 0 amide bonds. The molecule has 1 saturated heterocycles. The summed E-state index contributed by atoms with van der Waals surface area (Å²) in [6.45, 7) is 2.29. The number of thioether (sulfide) groups is 1. The van der Waals surface area contributed by atoms with Crippen LogP contribution in [0.25, 0.3) is 10.4 Å². The van der Waals surface area contributed by atoms with Crippen molar-refractivity contribution < 1.29 is 14.6 Å². The molecule has 0 aromatic heterocycles. The smallest absolute Gasteiger partial charge is 0.112 e. The van der Waals surface area contributed by atoms with Gasteiger partial charge in [0, 0.05) is 4.91 Å². The number of rotatable bonds is 6. The average molecular weight is 323 g/mol. The molecule has 0 bridgehead atoms. The highest BCUT2D eigenvalue weighted by atomic mass is 32.2. The van der Waals surface area contributed by atoms with E-state index in [-0.39, 0.29) is 30.1 Å². The minimum atomic E-state index is -0.415. The fraction of sp³-hybridized carbons (Fsp3) is 0.600. The first-order valence-corrected chi connectivity index (χ1v) is 8.49. The second kappa shape index (κ2) is 8.41. The second-order valence-corrected chi connectivity index (χ2v) is 6.21. The molecule has 6 nitrogen and oxygen atoms in total. The molecular formula is C15H21N3O3S. The summed E-state index contributed by atoms with van der Waals surface area (Å²) in [5.74, 6) is -0.0389. The lowest BCUT2D eigenvalue weighted by Crippen LogP contribution is -2.53. The zero-order valence-electron chi connectivity index (χ0n) is 12.7. The Bertz CT molecular complexity index is 510. The SMILES string of the molecule is CSC1OC(CO)C(OCc2ccccc2)C(C)C1N=[N+]=[N-]. The Morgan fingerprint density at radius 2 is 2.14 bits per heavy atom. The molecule has 120 valence electrons. The topological polar surface area (TPSA) is 87.5 Å². The molecule has 1 heterocycles. The lowest BCUT2D eigenvalue weighted by atomic mass is 9.90. The van der Waals surface area contributed by atoms with Gasteiger partial charge in [-0.15, -0.1) is 11.8 Å². The van der Waals surface area contributed by atoms with Crippen LogP contribution in [0.3, 0.4) is 0 Å². The van der Waals surface area contributed by atoms with Gasteiger partial charge in [0.15, 0.2) is 0 Å². The van der Waals surface area contributed by atoms with Crippen LogP contribution < -0.4 is 0 Å². The van der Waals surface area contributed by atoms with Gasteiger partial charge in [-0.2, -0.15) is 0 Å². The molecule has 1 N–H and O–H groups in total. The van der Waals surface area contributed by atoms with Crippen LogP contribution in [-0.2, 0) is 16.1 Å². The molecule has 0 radical (unpaired) electrons. The Balaban J connectivity index is 2.10. The van der Waals surface area contributed by atoms with Gasteiger partial charge < -0.3 is 14.6 Å². The first-order chi connectivity index (χ1) is 10.7. The number of azide groups is 1. The monoisotopic (exact) mass is 323 g/mol. The van der Waals surface area contributed by atoms with Crippen LogP contribution in [0.1, 0.15) is 12.5 Å². The van der Waals surface area contributed by atoms with Crippen LogP contribution in [-0.4, -0.2) is 41.7 Å². The molecule has 0 spiro atoms. The van der Waals surface area contributed by atoms with Crippen molar-refractivity contribution in [3.05, 3.63) is 46.3 Å². The van der Waals surface area contributed by atoms with Gasteiger partial charge in [0.1, 0.15) is 11.5 Å². The van der Waals surface area contributed by atoms with Crippen molar-refractivity contribution in [1.29, 1.82) is 0 Å². The maximum Gasteiger partial charge on any atom is 0.112 e. The van der Waals surface area contributed by atoms with E-state index in [0.29, 0.717) is 6.61 Å². The summed E-state index contributed by atoms with van der Waals surface area (Å²) in [5, 5.41) is 13.5. The van der Waals surface area contributed by atoms with Crippen LogP contribution in [0.2, 0.25) is 0 Å². The Kier molecular flexibility index (Phi) is 6.54. The summed E-state index contributed by atoms with van der Waals surface area (Å²) < 4.78 is 11.8. The van der Waals surface area contributed by atoms with E-state index >= 15 is 0 Å². The van der Waals surface area contributed by atoms with Crippen molar-refractivity contribution in [3.63, 3.8) is 0 Å². The van der Waals surface area contributed by atoms with E-state index in [1.54, 1.807) is 0 Å². The molecule has 1 aromatic carbocycles. The third kappa shape index (κ3) is 3.94. The molecule has 1 aliphatic heterocycles. The molecule has 22 heavy (non-hydrogen) atoms. The normalized spacial score (nSPS) is 31.5. The number of aliphatic hydroxyl groups excluding tert-OH is 1. The van der Waals surface area contributed by atoms with Crippen molar-refractivity contribution in [3.8, 4) is 0 Å². The maximum absolute atomic E-state index is 9.59. The van der Waals surface area contributed by atoms with Gasteiger partial charge in [-0.25, -0.2) is 0 Å². The molecule has 1 aromatic rings.